The van der Waals surface area contributed by atoms with Crippen LogP contribution in [0.4, 0.5) is 16.2 Å². The van der Waals surface area contributed by atoms with Crippen LogP contribution in [-0.2, 0) is 9.59 Å². The molecule has 1 aromatic carbocycles. The Bertz CT molecular complexity index is 801. The largest absolute Gasteiger partial charge is 0.495 e. The molecule has 8 heteroatoms. The van der Waals surface area contributed by atoms with E-state index in [2.05, 4.69) is 24.5 Å². The van der Waals surface area contributed by atoms with Crippen LogP contribution in [0.5, 0.6) is 5.75 Å². The van der Waals surface area contributed by atoms with Gasteiger partial charge in [0.2, 0.25) is 11.8 Å². The molecule has 0 aromatic heterocycles. The summed E-state index contributed by atoms with van der Waals surface area (Å²) in [6, 6.07) is 5.05. The van der Waals surface area contributed by atoms with E-state index in [1.807, 2.05) is 4.90 Å². The summed E-state index contributed by atoms with van der Waals surface area (Å²) in [5.74, 6) is 1.000. The maximum Gasteiger partial charge on any atom is 0.319 e. The lowest BCUT2D eigenvalue weighted by Gasteiger charge is -2.34. The molecule has 0 atom stereocenters. The van der Waals surface area contributed by atoms with Gasteiger partial charge in [-0.3, -0.25) is 9.59 Å². The predicted molar refractivity (Wildman–Crippen MR) is 120 cm³/mol. The number of nitrogens with one attached hydrogen (secondary N) is 2. The predicted octanol–water partition coefficient (Wildman–Crippen LogP) is 3.37. The van der Waals surface area contributed by atoms with Crippen LogP contribution in [0.1, 0.15) is 52.4 Å². The van der Waals surface area contributed by atoms with E-state index in [1.165, 1.54) is 0 Å². The van der Waals surface area contributed by atoms with Crippen molar-refractivity contribution in [2.24, 2.45) is 5.92 Å². The molecule has 2 N–H and O–H groups in total. The normalized spacial score (nSPS) is 17.2. The first-order valence-corrected chi connectivity index (χ1v) is 11.3. The first kappa shape index (κ1) is 22.9. The van der Waals surface area contributed by atoms with Crippen molar-refractivity contribution in [3.8, 4) is 5.75 Å². The molecule has 0 saturated carbocycles. The van der Waals surface area contributed by atoms with Crippen LogP contribution in [-0.4, -0.2) is 55.5 Å². The van der Waals surface area contributed by atoms with Crippen LogP contribution >= 0.6 is 0 Å². The number of hydrogen-bond donors (Lipinski definition) is 2. The van der Waals surface area contributed by atoms with Crippen LogP contribution in [0.15, 0.2) is 18.2 Å². The Labute approximate surface area is 184 Å². The fraction of sp³-hybridized carbons (Fsp3) is 0.609. The Hall–Kier alpha value is -2.77. The number of amides is 4. The van der Waals surface area contributed by atoms with E-state index in [9.17, 15) is 14.4 Å². The molecule has 8 nitrogen and oxygen atoms in total. The number of likely N-dealkylation sites (tertiary alicyclic amines) is 1. The van der Waals surface area contributed by atoms with Gasteiger partial charge < -0.3 is 25.2 Å². The zero-order valence-electron chi connectivity index (χ0n) is 18.8. The zero-order chi connectivity index (χ0) is 22.4. The highest BCUT2D eigenvalue weighted by atomic mass is 16.5. The molecule has 2 saturated heterocycles. The van der Waals surface area contributed by atoms with Crippen LogP contribution in [0.2, 0.25) is 0 Å². The average Bonchev–Trinajstić information content (AvgIpc) is 3.20. The smallest absolute Gasteiger partial charge is 0.319 e. The van der Waals surface area contributed by atoms with Gasteiger partial charge in [0.25, 0.3) is 0 Å². The van der Waals surface area contributed by atoms with Crippen LogP contribution < -0.4 is 20.3 Å². The van der Waals surface area contributed by atoms with Crippen molar-refractivity contribution < 1.29 is 19.1 Å². The van der Waals surface area contributed by atoms with Crippen molar-refractivity contribution in [3.05, 3.63) is 18.2 Å². The lowest BCUT2D eigenvalue weighted by atomic mass is 9.98. The highest BCUT2D eigenvalue weighted by Crippen LogP contribution is 2.34. The molecule has 0 radical (unpaired) electrons. The van der Waals surface area contributed by atoms with E-state index >= 15 is 0 Å². The summed E-state index contributed by atoms with van der Waals surface area (Å²) in [5.41, 5.74) is 1.28. The van der Waals surface area contributed by atoms with Crippen LogP contribution in [0.3, 0.4) is 0 Å². The summed E-state index contributed by atoms with van der Waals surface area (Å²) >= 11 is 0. The van der Waals surface area contributed by atoms with Crippen molar-refractivity contribution in [2.45, 2.75) is 58.4 Å². The summed E-state index contributed by atoms with van der Waals surface area (Å²) in [6.45, 7) is 6.09. The monoisotopic (exact) mass is 430 g/mol. The number of rotatable bonds is 7. The van der Waals surface area contributed by atoms with Crippen molar-refractivity contribution in [1.82, 2.24) is 10.2 Å². The molecule has 1 aromatic rings. The highest BCUT2D eigenvalue weighted by Gasteiger charge is 2.28. The van der Waals surface area contributed by atoms with Gasteiger partial charge in [0.05, 0.1) is 12.8 Å². The molecular weight excluding hydrogens is 396 g/mol. The third kappa shape index (κ3) is 5.48. The molecule has 0 aliphatic carbocycles. The summed E-state index contributed by atoms with van der Waals surface area (Å²) in [5, 5.41) is 5.88. The lowest BCUT2D eigenvalue weighted by Crippen LogP contribution is -2.48. The van der Waals surface area contributed by atoms with Gasteiger partial charge in [0.1, 0.15) is 5.75 Å². The molecule has 4 amide bonds. The number of urea groups is 1. The molecule has 0 unspecified atom stereocenters. The fourth-order valence-corrected chi connectivity index (χ4v) is 4.37. The Balaban J connectivity index is 1.54. The third-order valence-corrected chi connectivity index (χ3v) is 6.28. The lowest BCUT2D eigenvalue weighted by molar-refractivity contribution is -0.136. The van der Waals surface area contributed by atoms with Gasteiger partial charge in [-0.15, -0.1) is 0 Å². The van der Waals surface area contributed by atoms with Crippen molar-refractivity contribution in [2.75, 3.05) is 37.0 Å². The molecule has 2 heterocycles. The molecule has 3 rings (SSSR count). The first-order chi connectivity index (χ1) is 15.0. The molecule has 0 spiro atoms. The Morgan fingerprint density at radius 3 is 2.45 bits per heavy atom. The minimum atomic E-state index is -0.284. The van der Waals surface area contributed by atoms with E-state index < -0.39 is 0 Å². The maximum atomic E-state index is 12.5. The Morgan fingerprint density at radius 2 is 1.87 bits per heavy atom. The zero-order valence-corrected chi connectivity index (χ0v) is 18.8. The van der Waals surface area contributed by atoms with Gasteiger partial charge in [-0.2, -0.15) is 0 Å². The average molecular weight is 431 g/mol. The van der Waals surface area contributed by atoms with E-state index in [0.29, 0.717) is 43.2 Å². The summed E-state index contributed by atoms with van der Waals surface area (Å²) in [7, 11) is 1.57. The molecule has 0 bridgehead atoms. The van der Waals surface area contributed by atoms with Gasteiger partial charge >= 0.3 is 6.03 Å². The SMILES string of the molecule is CCC(CC)C(=O)N1CCC(NC(=O)Nc2ccc(OC)c(N3CCCC3=O)c2)CC1. The molecule has 2 fully saturated rings. The fourth-order valence-electron chi connectivity index (χ4n) is 4.37. The summed E-state index contributed by atoms with van der Waals surface area (Å²) in [4.78, 5) is 40.8. The van der Waals surface area contributed by atoms with Gasteiger partial charge in [0.15, 0.2) is 0 Å². The minimum Gasteiger partial charge on any atom is -0.495 e. The van der Waals surface area contributed by atoms with Gasteiger partial charge in [0, 0.05) is 43.7 Å². The highest BCUT2D eigenvalue weighted by molar-refractivity contribution is 5.98. The van der Waals surface area contributed by atoms with Crippen molar-refractivity contribution >= 4 is 29.2 Å². The number of nitrogens with zero attached hydrogens (tertiary/aromatic N) is 2. The topological polar surface area (TPSA) is 91.0 Å². The van der Waals surface area contributed by atoms with Crippen molar-refractivity contribution in [1.29, 1.82) is 0 Å². The number of piperidine rings is 1. The van der Waals surface area contributed by atoms with E-state index in [1.54, 1.807) is 30.2 Å². The molecule has 170 valence electrons. The number of hydrogen-bond acceptors (Lipinski definition) is 4. The summed E-state index contributed by atoms with van der Waals surface area (Å²) < 4.78 is 5.40. The van der Waals surface area contributed by atoms with Crippen LogP contribution in [0, 0.1) is 5.92 Å². The second kappa shape index (κ2) is 10.5. The molecule has 2 aliphatic heterocycles. The number of carbonyl (C=O) groups excluding carboxylic acids is 3. The van der Waals surface area contributed by atoms with Crippen molar-refractivity contribution in [3.63, 3.8) is 0 Å². The number of carbonyl (C=O) groups is 3. The van der Waals surface area contributed by atoms with E-state index in [4.69, 9.17) is 4.74 Å². The van der Waals surface area contributed by atoms with E-state index in [0.717, 1.165) is 32.1 Å². The standard InChI is InChI=1S/C23H34N4O4/c1-4-16(5-2)22(29)26-13-10-17(11-14-26)24-23(30)25-18-8-9-20(31-3)19(15-18)27-12-6-7-21(27)28/h8-9,15-17H,4-7,10-14H2,1-3H3,(H2,24,25,30). The van der Waals surface area contributed by atoms with Gasteiger partial charge in [-0.05, 0) is 50.3 Å². The number of benzene rings is 1. The third-order valence-electron chi connectivity index (χ3n) is 6.28. The minimum absolute atomic E-state index is 0.0311. The number of ether oxygens (including phenoxy) is 1. The second-order valence-corrected chi connectivity index (χ2v) is 8.25. The quantitative estimate of drug-likeness (QED) is 0.694. The molecule has 31 heavy (non-hydrogen) atoms. The van der Waals surface area contributed by atoms with Gasteiger partial charge in [-0.25, -0.2) is 4.79 Å². The maximum absolute atomic E-state index is 12.5. The van der Waals surface area contributed by atoms with Crippen LogP contribution in [0.25, 0.3) is 0 Å². The second-order valence-electron chi connectivity index (χ2n) is 8.25. The Kier molecular flexibility index (Phi) is 7.76. The molecule has 2 aliphatic rings. The number of anilines is 2. The summed E-state index contributed by atoms with van der Waals surface area (Å²) in [6.07, 6.45) is 4.56. The number of methoxy groups -OCH3 is 1. The van der Waals surface area contributed by atoms with E-state index in [-0.39, 0.29) is 29.8 Å². The first-order valence-electron chi connectivity index (χ1n) is 11.3. The molecular formula is C23H34N4O4. The Morgan fingerprint density at radius 1 is 1.16 bits per heavy atom. The van der Waals surface area contributed by atoms with Gasteiger partial charge in [-0.1, -0.05) is 13.8 Å².